The number of amides is 2. The van der Waals surface area contributed by atoms with Gasteiger partial charge in [-0.3, -0.25) is 9.59 Å². The van der Waals surface area contributed by atoms with Crippen LogP contribution in [0.25, 0.3) is 0 Å². The van der Waals surface area contributed by atoms with E-state index in [4.69, 9.17) is 4.52 Å². The molecule has 10 nitrogen and oxygen atoms in total. The van der Waals surface area contributed by atoms with Crippen LogP contribution in [0.3, 0.4) is 0 Å². The normalized spacial score (nSPS) is 22.1. The van der Waals surface area contributed by atoms with E-state index in [9.17, 15) is 14.7 Å². The van der Waals surface area contributed by atoms with Gasteiger partial charge in [0.1, 0.15) is 18.3 Å². The molecule has 0 spiro atoms. The highest BCUT2D eigenvalue weighted by molar-refractivity contribution is 5.90. The molecule has 2 fully saturated rings. The average molecular weight is 459 g/mol. The van der Waals surface area contributed by atoms with E-state index < -0.39 is 23.6 Å². The molecule has 2 amide bonds. The van der Waals surface area contributed by atoms with E-state index in [2.05, 4.69) is 20.8 Å². The van der Waals surface area contributed by atoms with Crippen molar-refractivity contribution >= 4 is 11.8 Å². The summed E-state index contributed by atoms with van der Waals surface area (Å²) in [6.07, 6.45) is 5.01. The maximum atomic E-state index is 13.7. The molecule has 0 radical (unpaired) electrons. The Hall–Kier alpha value is -2.75. The number of aliphatic hydroxyl groups is 1. The van der Waals surface area contributed by atoms with E-state index in [1.807, 2.05) is 40.8 Å². The van der Waals surface area contributed by atoms with Crippen LogP contribution in [0.1, 0.15) is 88.7 Å². The molecule has 2 N–H and O–H groups in total. The zero-order chi connectivity index (χ0) is 23.9. The van der Waals surface area contributed by atoms with Crippen molar-refractivity contribution in [2.24, 2.45) is 5.41 Å². The lowest BCUT2D eigenvalue weighted by atomic mass is 9.85. The molecule has 180 valence electrons. The molecule has 4 rings (SSSR count). The first kappa shape index (κ1) is 23.4. The molecule has 0 aromatic carbocycles. The predicted molar refractivity (Wildman–Crippen MR) is 119 cm³/mol. The lowest BCUT2D eigenvalue weighted by molar-refractivity contribution is -0.144. The van der Waals surface area contributed by atoms with Gasteiger partial charge in [0, 0.05) is 37.2 Å². The van der Waals surface area contributed by atoms with E-state index in [1.54, 1.807) is 4.68 Å². The smallest absolute Gasteiger partial charge is 0.248 e. The summed E-state index contributed by atoms with van der Waals surface area (Å²) in [6, 6.07) is -1.39. The first-order valence-electron chi connectivity index (χ1n) is 11.7. The Morgan fingerprint density at radius 3 is 2.67 bits per heavy atom. The Labute approximate surface area is 193 Å². The van der Waals surface area contributed by atoms with E-state index >= 15 is 0 Å². The van der Waals surface area contributed by atoms with Gasteiger partial charge < -0.3 is 19.8 Å². The third kappa shape index (κ3) is 4.95. The molecular formula is C23H34N6O4. The Morgan fingerprint density at radius 1 is 1.30 bits per heavy atom. The molecule has 10 heteroatoms. The second-order valence-corrected chi connectivity index (χ2v) is 10.7. The molecule has 1 saturated heterocycles. The summed E-state index contributed by atoms with van der Waals surface area (Å²) in [5.41, 5.74) is 2.04. The minimum atomic E-state index is -0.759. The number of nitrogens with one attached hydrogen (secondary N) is 1. The summed E-state index contributed by atoms with van der Waals surface area (Å²) in [7, 11) is 0. The Balaban J connectivity index is 1.51. The second-order valence-electron chi connectivity index (χ2n) is 10.7. The maximum Gasteiger partial charge on any atom is 0.248 e. The average Bonchev–Trinajstić information content (AvgIpc) is 3.13. The fraction of sp³-hybridized carbons (Fsp3) is 0.696. The quantitative estimate of drug-likeness (QED) is 0.651. The first-order valence-corrected chi connectivity index (χ1v) is 11.7. The van der Waals surface area contributed by atoms with Crippen LogP contribution in [0, 0.1) is 5.41 Å². The minimum Gasteiger partial charge on any atom is -0.391 e. The van der Waals surface area contributed by atoms with Gasteiger partial charge in [0.2, 0.25) is 11.8 Å². The SMILES string of the molecule is CC(C)c1nocc1CNC(=O)C1CC(O)CN1C(=O)[C@@H](n1cc(C2CC2)nn1)C(C)(C)C. The number of aliphatic hydroxyl groups excluding tert-OH is 1. The molecule has 3 atom stereocenters. The van der Waals surface area contributed by atoms with Crippen molar-refractivity contribution < 1.29 is 19.2 Å². The van der Waals surface area contributed by atoms with Gasteiger partial charge in [-0.15, -0.1) is 5.10 Å². The van der Waals surface area contributed by atoms with Gasteiger partial charge in [-0.05, 0) is 24.2 Å². The summed E-state index contributed by atoms with van der Waals surface area (Å²) in [5, 5.41) is 25.8. The largest absolute Gasteiger partial charge is 0.391 e. The van der Waals surface area contributed by atoms with Gasteiger partial charge in [-0.1, -0.05) is 45.0 Å². The molecule has 1 aliphatic carbocycles. The summed E-state index contributed by atoms with van der Waals surface area (Å²) in [4.78, 5) is 28.3. The van der Waals surface area contributed by atoms with E-state index in [1.165, 1.54) is 11.2 Å². The van der Waals surface area contributed by atoms with Crippen LogP contribution in [0.2, 0.25) is 0 Å². The monoisotopic (exact) mass is 458 g/mol. The highest BCUT2D eigenvalue weighted by Crippen LogP contribution is 2.40. The van der Waals surface area contributed by atoms with Gasteiger partial charge >= 0.3 is 0 Å². The number of hydrogen-bond acceptors (Lipinski definition) is 7. The molecular weight excluding hydrogens is 424 g/mol. The number of carbonyl (C=O) groups is 2. The Bertz CT molecular complexity index is 1000. The highest BCUT2D eigenvalue weighted by atomic mass is 16.5. The standard InChI is InChI=1S/C23H34N6O4/c1-13(2)19-15(12-33-26-19)9-24-21(31)18-8-16(30)10-28(18)22(32)20(23(3,4)5)29-11-17(25-27-29)14-6-7-14/h11-14,16,18,20,30H,6-10H2,1-5H3,(H,24,31)/t16?,18?,20-/m1/s1. The van der Waals surface area contributed by atoms with Crippen LogP contribution in [-0.4, -0.2) is 60.7 Å². The number of likely N-dealkylation sites (tertiary alicyclic amines) is 1. The maximum absolute atomic E-state index is 13.7. The van der Waals surface area contributed by atoms with Crippen molar-refractivity contribution in [1.82, 2.24) is 30.4 Å². The number of hydrogen-bond donors (Lipinski definition) is 2. The van der Waals surface area contributed by atoms with E-state index in [-0.39, 0.29) is 37.2 Å². The number of β-amino-alcohol motifs (C(OH)–C–C–N with tert-alkyl or cyclic N) is 1. The zero-order valence-corrected chi connectivity index (χ0v) is 20.0. The van der Waals surface area contributed by atoms with Crippen LogP contribution in [0.5, 0.6) is 0 Å². The molecule has 33 heavy (non-hydrogen) atoms. The van der Waals surface area contributed by atoms with Gasteiger partial charge in [0.05, 0.1) is 17.5 Å². The van der Waals surface area contributed by atoms with E-state index in [0.717, 1.165) is 29.8 Å². The fourth-order valence-corrected chi connectivity index (χ4v) is 4.50. The van der Waals surface area contributed by atoms with Gasteiger partial charge in [0.15, 0.2) is 0 Å². The lowest BCUT2D eigenvalue weighted by Gasteiger charge is -2.34. The van der Waals surface area contributed by atoms with Crippen LogP contribution < -0.4 is 5.32 Å². The molecule has 2 aliphatic rings. The molecule has 3 heterocycles. The van der Waals surface area contributed by atoms with Crippen molar-refractivity contribution in [3.8, 4) is 0 Å². The lowest BCUT2D eigenvalue weighted by Crippen LogP contribution is -2.50. The van der Waals surface area contributed by atoms with Crippen molar-refractivity contribution in [3.63, 3.8) is 0 Å². The zero-order valence-electron chi connectivity index (χ0n) is 20.0. The van der Waals surface area contributed by atoms with Crippen molar-refractivity contribution in [2.75, 3.05) is 6.54 Å². The second kappa shape index (κ2) is 8.89. The number of nitrogens with zero attached hydrogens (tertiary/aromatic N) is 5. The molecule has 2 unspecified atom stereocenters. The van der Waals surface area contributed by atoms with Crippen LogP contribution in [-0.2, 0) is 16.1 Å². The van der Waals surface area contributed by atoms with E-state index in [0.29, 0.717) is 5.92 Å². The Morgan fingerprint density at radius 2 is 2.03 bits per heavy atom. The molecule has 2 aromatic rings. The topological polar surface area (TPSA) is 126 Å². The molecule has 1 saturated carbocycles. The van der Waals surface area contributed by atoms with Crippen molar-refractivity contribution in [2.45, 2.75) is 90.4 Å². The van der Waals surface area contributed by atoms with Crippen molar-refractivity contribution in [1.29, 1.82) is 0 Å². The van der Waals surface area contributed by atoms with Gasteiger partial charge in [-0.25, -0.2) is 4.68 Å². The molecule has 2 aromatic heterocycles. The highest BCUT2D eigenvalue weighted by Gasteiger charge is 2.45. The van der Waals surface area contributed by atoms with Gasteiger partial charge in [0.25, 0.3) is 0 Å². The van der Waals surface area contributed by atoms with Crippen LogP contribution in [0.4, 0.5) is 0 Å². The summed E-state index contributed by atoms with van der Waals surface area (Å²) in [6.45, 7) is 10.3. The third-order valence-corrected chi connectivity index (χ3v) is 6.38. The first-order chi connectivity index (χ1) is 15.6. The Kier molecular flexibility index (Phi) is 6.30. The van der Waals surface area contributed by atoms with Gasteiger partial charge in [-0.2, -0.15) is 0 Å². The summed E-state index contributed by atoms with van der Waals surface area (Å²) < 4.78 is 6.69. The van der Waals surface area contributed by atoms with Crippen LogP contribution >= 0.6 is 0 Å². The molecule has 1 aliphatic heterocycles. The predicted octanol–water partition coefficient (Wildman–Crippen LogP) is 2.13. The molecule has 0 bridgehead atoms. The fourth-order valence-electron chi connectivity index (χ4n) is 4.50. The minimum absolute atomic E-state index is 0.109. The number of carbonyl (C=O) groups excluding carboxylic acids is 2. The third-order valence-electron chi connectivity index (χ3n) is 6.38. The summed E-state index contributed by atoms with van der Waals surface area (Å²) in [5.74, 6) is 0.0487. The van der Waals surface area contributed by atoms with Crippen molar-refractivity contribution in [3.05, 3.63) is 29.4 Å². The van der Waals surface area contributed by atoms with Crippen LogP contribution in [0.15, 0.2) is 17.0 Å². The number of aromatic nitrogens is 4. The number of rotatable bonds is 7. The summed E-state index contributed by atoms with van der Waals surface area (Å²) >= 11 is 0.